The van der Waals surface area contributed by atoms with E-state index >= 15 is 0 Å². The summed E-state index contributed by atoms with van der Waals surface area (Å²) < 4.78 is 22.8. The van der Waals surface area contributed by atoms with E-state index in [0.717, 1.165) is 5.56 Å². The highest BCUT2D eigenvalue weighted by Gasteiger charge is 2.24. The summed E-state index contributed by atoms with van der Waals surface area (Å²) in [5.41, 5.74) is 1.24. The molecule has 0 aliphatic carbocycles. The van der Waals surface area contributed by atoms with Gasteiger partial charge in [-0.05, 0) is 48.9 Å². The van der Waals surface area contributed by atoms with E-state index in [-0.39, 0.29) is 18.3 Å². The molecule has 2 N–H and O–H groups in total. The van der Waals surface area contributed by atoms with Crippen LogP contribution in [0.25, 0.3) is 0 Å². The fourth-order valence-electron chi connectivity index (χ4n) is 2.57. The lowest BCUT2D eigenvalue weighted by atomic mass is 10.1. The Morgan fingerprint density at radius 2 is 1.87 bits per heavy atom. The van der Waals surface area contributed by atoms with Gasteiger partial charge in [-0.1, -0.05) is 28.9 Å². The molecule has 10 heteroatoms. The maximum Gasteiger partial charge on any atom is 0.397 e. The van der Waals surface area contributed by atoms with Crippen LogP contribution < -0.4 is 10.6 Å². The maximum atomic E-state index is 13.0. The Hall–Kier alpha value is -3.46. The number of esters is 1. The van der Waals surface area contributed by atoms with Gasteiger partial charge in [0, 0.05) is 17.1 Å². The van der Waals surface area contributed by atoms with Crippen molar-refractivity contribution in [3.8, 4) is 0 Å². The average molecular weight is 433 g/mol. The summed E-state index contributed by atoms with van der Waals surface area (Å²) in [7, 11) is 0. The first-order valence-electron chi connectivity index (χ1n) is 9.03. The smallest absolute Gasteiger partial charge is 0.397 e. The van der Waals surface area contributed by atoms with Crippen LogP contribution >= 0.6 is 11.6 Å². The van der Waals surface area contributed by atoms with Gasteiger partial charge in [-0.25, -0.2) is 14.0 Å². The number of urea groups is 1. The van der Waals surface area contributed by atoms with Crippen LogP contribution in [0.1, 0.15) is 35.0 Å². The molecule has 2 amide bonds. The molecule has 3 rings (SSSR count). The third kappa shape index (κ3) is 5.77. The minimum atomic E-state index is -0.753. The predicted octanol–water partition coefficient (Wildman–Crippen LogP) is 4.14. The summed E-state index contributed by atoms with van der Waals surface area (Å²) in [6.45, 7) is 1.81. The maximum absolute atomic E-state index is 13.0. The second-order valence-corrected chi connectivity index (χ2v) is 6.60. The van der Waals surface area contributed by atoms with Crippen LogP contribution in [0, 0.1) is 5.82 Å². The van der Waals surface area contributed by atoms with E-state index in [1.807, 2.05) is 0 Å². The van der Waals surface area contributed by atoms with Crippen molar-refractivity contribution in [3.05, 3.63) is 76.6 Å². The number of benzene rings is 2. The number of aromatic nitrogens is 2. The standard InChI is InChI=1S/C20H18ClFN4O4/c1-2-29-19(27)18-25-17(26-30-18)16(11-12-3-5-13(21)6-4-12)24-20(28)23-15-9-7-14(22)8-10-15/h3-10,16H,2,11H2,1H3,(H2,23,24,28)/t16-/m0/s1. The SMILES string of the molecule is CCOC(=O)c1nc([C@H](Cc2ccc(Cl)cc2)NC(=O)Nc2ccc(F)cc2)no1. The van der Waals surface area contributed by atoms with Crippen LogP contribution in [0.5, 0.6) is 0 Å². The molecule has 0 aliphatic rings. The lowest BCUT2D eigenvalue weighted by Crippen LogP contribution is -2.34. The number of anilines is 1. The van der Waals surface area contributed by atoms with Gasteiger partial charge in [0.15, 0.2) is 5.82 Å². The molecule has 0 spiro atoms. The third-order valence-corrected chi connectivity index (χ3v) is 4.22. The van der Waals surface area contributed by atoms with Crippen molar-refractivity contribution in [2.75, 3.05) is 11.9 Å². The summed E-state index contributed by atoms with van der Waals surface area (Å²) in [6.07, 6.45) is 0.301. The minimum Gasteiger partial charge on any atom is -0.459 e. The number of halogens is 2. The number of ether oxygens (including phenoxy) is 1. The van der Waals surface area contributed by atoms with E-state index < -0.39 is 23.9 Å². The average Bonchev–Trinajstić information content (AvgIpc) is 3.21. The Labute approximate surface area is 176 Å². The second-order valence-electron chi connectivity index (χ2n) is 6.17. The number of hydrogen-bond acceptors (Lipinski definition) is 6. The molecule has 0 radical (unpaired) electrons. The van der Waals surface area contributed by atoms with Gasteiger partial charge in [0.25, 0.3) is 0 Å². The molecule has 30 heavy (non-hydrogen) atoms. The van der Waals surface area contributed by atoms with Crippen molar-refractivity contribution in [3.63, 3.8) is 0 Å². The number of nitrogens with one attached hydrogen (secondary N) is 2. The zero-order valence-electron chi connectivity index (χ0n) is 15.9. The van der Waals surface area contributed by atoms with Crippen molar-refractivity contribution in [2.24, 2.45) is 0 Å². The molecular weight excluding hydrogens is 415 g/mol. The van der Waals surface area contributed by atoms with E-state index in [9.17, 15) is 14.0 Å². The summed E-state index contributed by atoms with van der Waals surface area (Å²) in [4.78, 5) is 28.3. The van der Waals surface area contributed by atoms with Gasteiger partial charge in [0.2, 0.25) is 0 Å². The zero-order chi connectivity index (χ0) is 21.5. The summed E-state index contributed by atoms with van der Waals surface area (Å²) in [5, 5.41) is 9.70. The molecule has 156 valence electrons. The van der Waals surface area contributed by atoms with Gasteiger partial charge >= 0.3 is 17.9 Å². The number of hydrogen-bond donors (Lipinski definition) is 2. The Kier molecular flexibility index (Phi) is 6.97. The molecule has 0 unspecified atom stereocenters. The monoisotopic (exact) mass is 432 g/mol. The first-order valence-corrected chi connectivity index (χ1v) is 9.40. The normalized spacial score (nSPS) is 11.6. The molecule has 0 bridgehead atoms. The lowest BCUT2D eigenvalue weighted by Gasteiger charge is -2.16. The zero-order valence-corrected chi connectivity index (χ0v) is 16.6. The summed E-state index contributed by atoms with van der Waals surface area (Å²) in [5.74, 6) is -1.38. The summed E-state index contributed by atoms with van der Waals surface area (Å²) in [6, 6.07) is 11.0. The van der Waals surface area contributed by atoms with Gasteiger partial charge in [-0.2, -0.15) is 4.98 Å². The van der Waals surface area contributed by atoms with E-state index in [1.54, 1.807) is 31.2 Å². The molecule has 1 atom stereocenters. The van der Waals surface area contributed by atoms with Crippen molar-refractivity contribution in [2.45, 2.75) is 19.4 Å². The van der Waals surface area contributed by atoms with Crippen LogP contribution in [0.3, 0.4) is 0 Å². The van der Waals surface area contributed by atoms with Crippen molar-refractivity contribution in [1.29, 1.82) is 0 Å². The summed E-state index contributed by atoms with van der Waals surface area (Å²) >= 11 is 5.92. The fraction of sp³-hybridized carbons (Fsp3) is 0.200. The van der Waals surface area contributed by atoms with Crippen molar-refractivity contribution < 1.29 is 23.2 Å². The number of rotatable bonds is 7. The van der Waals surface area contributed by atoms with E-state index in [0.29, 0.717) is 17.1 Å². The highest BCUT2D eigenvalue weighted by molar-refractivity contribution is 6.30. The Bertz CT molecular complexity index is 1010. The fourth-order valence-corrected chi connectivity index (χ4v) is 2.70. The molecule has 0 saturated heterocycles. The van der Waals surface area contributed by atoms with Gasteiger partial charge in [-0.3, -0.25) is 0 Å². The second kappa shape index (κ2) is 9.84. The van der Waals surface area contributed by atoms with Crippen LogP contribution in [0.4, 0.5) is 14.9 Å². The Balaban J connectivity index is 1.78. The molecule has 0 saturated carbocycles. The first kappa shape index (κ1) is 21.3. The highest BCUT2D eigenvalue weighted by Crippen LogP contribution is 2.19. The molecule has 0 aliphatic heterocycles. The van der Waals surface area contributed by atoms with Crippen LogP contribution in [-0.4, -0.2) is 28.7 Å². The number of carbonyl (C=O) groups is 2. The molecule has 1 heterocycles. The van der Waals surface area contributed by atoms with Crippen molar-refractivity contribution >= 4 is 29.3 Å². The highest BCUT2D eigenvalue weighted by atomic mass is 35.5. The van der Waals surface area contributed by atoms with E-state index in [1.165, 1.54) is 24.3 Å². The largest absolute Gasteiger partial charge is 0.459 e. The molecule has 3 aromatic rings. The predicted molar refractivity (Wildman–Crippen MR) is 107 cm³/mol. The number of amides is 2. The van der Waals surface area contributed by atoms with Gasteiger partial charge in [0.1, 0.15) is 5.82 Å². The minimum absolute atomic E-state index is 0.0993. The lowest BCUT2D eigenvalue weighted by molar-refractivity contribution is 0.0470. The van der Waals surface area contributed by atoms with Gasteiger partial charge < -0.3 is 19.9 Å². The van der Waals surface area contributed by atoms with Crippen molar-refractivity contribution in [1.82, 2.24) is 15.5 Å². The molecule has 2 aromatic carbocycles. The Morgan fingerprint density at radius 3 is 2.53 bits per heavy atom. The first-order chi connectivity index (χ1) is 14.4. The van der Waals surface area contributed by atoms with Crippen LogP contribution in [0.15, 0.2) is 53.1 Å². The molecule has 8 nitrogen and oxygen atoms in total. The van der Waals surface area contributed by atoms with E-state index in [4.69, 9.17) is 20.9 Å². The molecular formula is C20H18ClFN4O4. The Morgan fingerprint density at radius 1 is 1.17 bits per heavy atom. The quantitative estimate of drug-likeness (QED) is 0.543. The molecule has 1 aromatic heterocycles. The number of nitrogens with zero attached hydrogens (tertiary/aromatic N) is 2. The topological polar surface area (TPSA) is 106 Å². The van der Waals surface area contributed by atoms with Gasteiger partial charge in [-0.15, -0.1) is 0 Å². The van der Waals surface area contributed by atoms with E-state index in [2.05, 4.69) is 20.8 Å². The van der Waals surface area contributed by atoms with Gasteiger partial charge in [0.05, 0.1) is 12.6 Å². The van der Waals surface area contributed by atoms with Crippen LogP contribution in [0.2, 0.25) is 5.02 Å². The van der Waals surface area contributed by atoms with Crippen LogP contribution in [-0.2, 0) is 11.2 Å². The molecule has 0 fully saturated rings. The number of carbonyl (C=O) groups excluding carboxylic acids is 2. The third-order valence-electron chi connectivity index (χ3n) is 3.96.